The van der Waals surface area contributed by atoms with E-state index in [0.717, 1.165) is 40.4 Å². The van der Waals surface area contributed by atoms with Crippen LogP contribution in [0, 0.1) is 0 Å². The lowest BCUT2D eigenvalue weighted by Crippen LogP contribution is -2.43. The van der Waals surface area contributed by atoms with Crippen molar-refractivity contribution in [2.45, 2.75) is 31.1 Å². The zero-order valence-electron chi connectivity index (χ0n) is 15.0. The minimum atomic E-state index is -0.751. The summed E-state index contributed by atoms with van der Waals surface area (Å²) in [5.41, 5.74) is 2.15. The standard InChI is InChI=1S/C21H23NO4S/c23-20(26-12-15-4-2-1-3-5-15)22-18-10-16-6-7-17(11-19(16)25-13-18)21(24)8-9-27-14-21/h1-7,11,18,24H,8-10,12-14H2,(H,22,23)/t18-,21?/m1/s1. The molecule has 0 aliphatic carbocycles. The van der Waals surface area contributed by atoms with Crippen LogP contribution in [0.5, 0.6) is 5.75 Å². The molecule has 1 saturated heterocycles. The number of thioether (sulfide) groups is 1. The van der Waals surface area contributed by atoms with Gasteiger partial charge in [-0.3, -0.25) is 0 Å². The van der Waals surface area contributed by atoms with Crippen LogP contribution in [-0.4, -0.2) is 35.4 Å². The zero-order valence-corrected chi connectivity index (χ0v) is 15.8. The summed E-state index contributed by atoms with van der Waals surface area (Å²) in [5.74, 6) is 2.50. The molecule has 2 heterocycles. The van der Waals surface area contributed by atoms with Crippen molar-refractivity contribution in [2.75, 3.05) is 18.1 Å². The first-order chi connectivity index (χ1) is 13.1. The Hall–Kier alpha value is -2.18. The number of hydrogen-bond donors (Lipinski definition) is 2. The highest BCUT2D eigenvalue weighted by atomic mass is 32.2. The summed E-state index contributed by atoms with van der Waals surface area (Å²) in [4.78, 5) is 12.0. The molecule has 2 aromatic rings. The largest absolute Gasteiger partial charge is 0.491 e. The van der Waals surface area contributed by atoms with Gasteiger partial charge in [0.2, 0.25) is 0 Å². The average Bonchev–Trinajstić information content (AvgIpc) is 3.14. The number of alkyl carbamates (subject to hydrolysis) is 1. The molecule has 2 N–H and O–H groups in total. The number of amides is 1. The molecule has 0 spiro atoms. The van der Waals surface area contributed by atoms with E-state index in [1.807, 2.05) is 48.5 Å². The summed E-state index contributed by atoms with van der Waals surface area (Å²) in [6, 6.07) is 15.4. The molecule has 27 heavy (non-hydrogen) atoms. The predicted octanol–water partition coefficient (Wildman–Crippen LogP) is 3.24. The van der Waals surface area contributed by atoms with Crippen molar-refractivity contribution in [3.05, 3.63) is 65.2 Å². The van der Waals surface area contributed by atoms with Crippen LogP contribution in [0.25, 0.3) is 0 Å². The monoisotopic (exact) mass is 385 g/mol. The van der Waals surface area contributed by atoms with E-state index in [0.29, 0.717) is 13.0 Å². The van der Waals surface area contributed by atoms with Crippen molar-refractivity contribution >= 4 is 17.9 Å². The molecule has 2 atom stereocenters. The molecule has 0 bridgehead atoms. The quantitative estimate of drug-likeness (QED) is 0.846. The minimum absolute atomic E-state index is 0.128. The lowest BCUT2D eigenvalue weighted by atomic mass is 9.90. The summed E-state index contributed by atoms with van der Waals surface area (Å²) >= 11 is 1.77. The Bertz CT molecular complexity index is 805. The maximum Gasteiger partial charge on any atom is 0.407 e. The van der Waals surface area contributed by atoms with Gasteiger partial charge in [0.15, 0.2) is 0 Å². The molecular weight excluding hydrogens is 362 g/mol. The SMILES string of the molecule is O=C(N[C@H]1COc2cc(C3(O)CCSC3)ccc2C1)OCc1ccccc1. The molecule has 1 amide bonds. The van der Waals surface area contributed by atoms with Gasteiger partial charge < -0.3 is 19.9 Å². The lowest BCUT2D eigenvalue weighted by molar-refractivity contribution is 0.0653. The van der Waals surface area contributed by atoms with Gasteiger partial charge in [-0.1, -0.05) is 42.5 Å². The third kappa shape index (κ3) is 4.22. The molecule has 2 aliphatic heterocycles. The van der Waals surface area contributed by atoms with E-state index in [2.05, 4.69) is 5.32 Å². The van der Waals surface area contributed by atoms with Crippen molar-refractivity contribution in [2.24, 2.45) is 0 Å². The third-order valence-corrected chi connectivity index (χ3v) is 6.22. The summed E-state index contributed by atoms with van der Waals surface area (Å²) in [5, 5.41) is 13.6. The van der Waals surface area contributed by atoms with E-state index in [9.17, 15) is 9.90 Å². The molecule has 0 radical (unpaired) electrons. The number of nitrogens with one attached hydrogen (secondary N) is 1. The summed E-state index contributed by atoms with van der Waals surface area (Å²) in [6.07, 6.45) is 1.02. The Morgan fingerprint density at radius 1 is 1.30 bits per heavy atom. The van der Waals surface area contributed by atoms with Gasteiger partial charge in [-0.25, -0.2) is 4.79 Å². The summed E-state index contributed by atoms with van der Waals surface area (Å²) in [7, 11) is 0. The molecule has 2 aliphatic rings. The van der Waals surface area contributed by atoms with Crippen molar-refractivity contribution in [3.8, 4) is 5.75 Å². The second-order valence-electron chi connectivity index (χ2n) is 7.07. The number of aliphatic hydroxyl groups is 1. The van der Waals surface area contributed by atoms with Gasteiger partial charge in [0.1, 0.15) is 19.0 Å². The van der Waals surface area contributed by atoms with Crippen LogP contribution in [0.3, 0.4) is 0 Å². The molecule has 6 heteroatoms. The topological polar surface area (TPSA) is 67.8 Å². The highest BCUT2D eigenvalue weighted by Crippen LogP contribution is 2.39. The molecule has 5 nitrogen and oxygen atoms in total. The maximum absolute atomic E-state index is 12.0. The van der Waals surface area contributed by atoms with E-state index in [-0.39, 0.29) is 12.6 Å². The third-order valence-electron chi connectivity index (χ3n) is 5.05. The molecule has 1 fully saturated rings. The first kappa shape index (κ1) is 18.2. The smallest absolute Gasteiger partial charge is 0.407 e. The second kappa shape index (κ2) is 7.82. The van der Waals surface area contributed by atoms with Gasteiger partial charge in [0.25, 0.3) is 0 Å². The van der Waals surface area contributed by atoms with Crippen molar-refractivity contribution in [3.63, 3.8) is 0 Å². The van der Waals surface area contributed by atoms with Gasteiger partial charge in [0.05, 0.1) is 11.6 Å². The fourth-order valence-corrected chi connectivity index (χ4v) is 4.74. The molecule has 142 valence electrons. The zero-order chi connectivity index (χ0) is 18.7. The fourth-order valence-electron chi connectivity index (χ4n) is 3.47. The summed E-state index contributed by atoms with van der Waals surface area (Å²) in [6.45, 7) is 0.640. The van der Waals surface area contributed by atoms with Crippen LogP contribution in [0.1, 0.15) is 23.1 Å². The van der Waals surface area contributed by atoms with Crippen molar-refractivity contribution in [1.29, 1.82) is 0 Å². The van der Waals surface area contributed by atoms with Crippen molar-refractivity contribution in [1.82, 2.24) is 5.32 Å². The maximum atomic E-state index is 12.0. The van der Waals surface area contributed by atoms with E-state index in [4.69, 9.17) is 9.47 Å². The van der Waals surface area contributed by atoms with Crippen LogP contribution in [0.15, 0.2) is 48.5 Å². The van der Waals surface area contributed by atoms with E-state index < -0.39 is 11.7 Å². The Labute approximate surface area is 163 Å². The van der Waals surface area contributed by atoms with E-state index in [1.165, 1.54) is 0 Å². The van der Waals surface area contributed by atoms with Crippen LogP contribution in [-0.2, 0) is 23.4 Å². The Balaban J connectivity index is 1.33. The summed E-state index contributed by atoms with van der Waals surface area (Å²) < 4.78 is 11.1. The second-order valence-corrected chi connectivity index (χ2v) is 8.18. The highest BCUT2D eigenvalue weighted by molar-refractivity contribution is 7.99. The fraction of sp³-hybridized carbons (Fsp3) is 0.381. The number of carbonyl (C=O) groups is 1. The molecule has 0 saturated carbocycles. The molecule has 4 rings (SSSR count). The average molecular weight is 385 g/mol. The van der Waals surface area contributed by atoms with Crippen molar-refractivity contribution < 1.29 is 19.4 Å². The number of rotatable bonds is 4. The minimum Gasteiger partial charge on any atom is -0.491 e. The number of carbonyl (C=O) groups excluding carboxylic acids is 1. The molecule has 0 aromatic heterocycles. The number of benzene rings is 2. The van der Waals surface area contributed by atoms with Gasteiger partial charge >= 0.3 is 6.09 Å². The first-order valence-corrected chi connectivity index (χ1v) is 10.3. The Morgan fingerprint density at radius 2 is 2.15 bits per heavy atom. The first-order valence-electron chi connectivity index (χ1n) is 9.16. The van der Waals surface area contributed by atoms with Crippen LogP contribution in [0.4, 0.5) is 4.79 Å². The molecule has 2 aromatic carbocycles. The Kier molecular flexibility index (Phi) is 5.27. The highest BCUT2D eigenvalue weighted by Gasteiger charge is 2.34. The van der Waals surface area contributed by atoms with Crippen LogP contribution < -0.4 is 10.1 Å². The van der Waals surface area contributed by atoms with E-state index >= 15 is 0 Å². The van der Waals surface area contributed by atoms with Crippen LogP contribution in [0.2, 0.25) is 0 Å². The van der Waals surface area contributed by atoms with Gasteiger partial charge in [-0.2, -0.15) is 11.8 Å². The van der Waals surface area contributed by atoms with Gasteiger partial charge in [0, 0.05) is 5.75 Å². The normalized spacial score (nSPS) is 24.0. The van der Waals surface area contributed by atoms with E-state index in [1.54, 1.807) is 11.8 Å². The number of hydrogen-bond acceptors (Lipinski definition) is 5. The number of fused-ring (bicyclic) bond motifs is 1. The van der Waals surface area contributed by atoms with Gasteiger partial charge in [-0.15, -0.1) is 0 Å². The Morgan fingerprint density at radius 3 is 2.93 bits per heavy atom. The van der Waals surface area contributed by atoms with Gasteiger partial charge in [-0.05, 0) is 41.4 Å². The molecule has 1 unspecified atom stereocenters. The predicted molar refractivity (Wildman–Crippen MR) is 105 cm³/mol. The lowest BCUT2D eigenvalue weighted by Gasteiger charge is -2.28. The number of ether oxygens (including phenoxy) is 2. The van der Waals surface area contributed by atoms with Crippen LogP contribution >= 0.6 is 11.8 Å². The molecular formula is C21H23NO4S.